The number of rotatable bonds is 0. The van der Waals surface area contributed by atoms with E-state index in [2.05, 4.69) is 0 Å². The Morgan fingerprint density at radius 2 is 0.643 bits per heavy atom. The van der Waals surface area contributed by atoms with Crippen molar-refractivity contribution >= 4 is 0 Å². The van der Waals surface area contributed by atoms with Crippen molar-refractivity contribution in [1.29, 1.82) is 0 Å². The van der Waals surface area contributed by atoms with Crippen molar-refractivity contribution < 1.29 is 35.1 Å². The molecule has 1 aliphatic carbocycles. The van der Waals surface area contributed by atoms with E-state index >= 15 is 0 Å². The van der Waals surface area contributed by atoms with E-state index in [0.29, 0.717) is 0 Å². The van der Waals surface area contributed by atoms with Crippen LogP contribution in [-0.4, -0.2) is 36.5 Å². The van der Waals surface area contributed by atoms with E-state index in [1.165, 1.54) is 0 Å². The van der Waals surface area contributed by atoms with Crippen LogP contribution in [0.2, 0.25) is 0 Å². The Kier molecular flexibility index (Phi) is 2.44. The lowest BCUT2D eigenvalue weighted by Gasteiger charge is -2.38. The van der Waals surface area contributed by atoms with Crippen LogP contribution >= 0.6 is 0 Å². The van der Waals surface area contributed by atoms with E-state index in [1.54, 1.807) is 0 Å². The first-order valence-corrected chi connectivity index (χ1v) is 3.45. The fraction of sp³-hybridized carbons (Fsp3) is 1.00. The zero-order chi connectivity index (χ0) is 11.3. The molecule has 1 rings (SSSR count). The largest absolute Gasteiger partial charge is 0.315 e. The highest BCUT2D eigenvalue weighted by molar-refractivity contribution is 5.08. The number of hydrogen-bond acceptors (Lipinski definition) is 0. The Morgan fingerprint density at radius 3 is 0.786 bits per heavy atom. The minimum absolute atomic E-state index is 4.04. The van der Waals surface area contributed by atoms with E-state index in [-0.39, 0.29) is 0 Å². The second kappa shape index (κ2) is 2.96. The van der Waals surface area contributed by atoms with Gasteiger partial charge in [0.15, 0.2) is 0 Å². The molecular weight excluding hydrogens is 224 g/mol. The summed E-state index contributed by atoms with van der Waals surface area (Å²) in [7, 11) is 0. The standard InChI is InChI=1S/C6H4F8/c7-1-2(8)6(13,14)4(10)3(9)5(1,11)12/h1-4H. The Bertz CT molecular complexity index is 182. The van der Waals surface area contributed by atoms with Crippen molar-refractivity contribution in [2.24, 2.45) is 0 Å². The summed E-state index contributed by atoms with van der Waals surface area (Å²) in [6, 6.07) is 0. The second-order valence-electron chi connectivity index (χ2n) is 2.96. The third-order valence-corrected chi connectivity index (χ3v) is 1.98. The second-order valence-corrected chi connectivity index (χ2v) is 2.96. The summed E-state index contributed by atoms with van der Waals surface area (Å²) in [5, 5.41) is 0. The lowest BCUT2D eigenvalue weighted by molar-refractivity contribution is -0.273. The van der Waals surface area contributed by atoms with Gasteiger partial charge in [-0.3, -0.25) is 0 Å². The van der Waals surface area contributed by atoms with Gasteiger partial charge in [0, 0.05) is 0 Å². The zero-order valence-corrected chi connectivity index (χ0v) is 6.33. The molecule has 84 valence electrons. The molecule has 0 bridgehead atoms. The van der Waals surface area contributed by atoms with E-state index in [1.807, 2.05) is 0 Å². The summed E-state index contributed by atoms with van der Waals surface area (Å²) in [5.41, 5.74) is 0. The Hall–Kier alpha value is -0.560. The summed E-state index contributed by atoms with van der Waals surface area (Å²) in [4.78, 5) is 0. The Morgan fingerprint density at radius 1 is 0.500 bits per heavy atom. The quantitative estimate of drug-likeness (QED) is 0.559. The van der Waals surface area contributed by atoms with Crippen molar-refractivity contribution in [2.75, 3.05) is 0 Å². The van der Waals surface area contributed by atoms with Crippen molar-refractivity contribution in [3.8, 4) is 0 Å². The van der Waals surface area contributed by atoms with E-state index in [4.69, 9.17) is 0 Å². The molecule has 14 heavy (non-hydrogen) atoms. The van der Waals surface area contributed by atoms with E-state index in [9.17, 15) is 35.1 Å². The van der Waals surface area contributed by atoms with Crippen LogP contribution in [0.1, 0.15) is 0 Å². The van der Waals surface area contributed by atoms with Crippen LogP contribution in [0.3, 0.4) is 0 Å². The van der Waals surface area contributed by atoms with Crippen molar-refractivity contribution in [1.82, 2.24) is 0 Å². The molecule has 0 N–H and O–H groups in total. The summed E-state index contributed by atoms with van der Waals surface area (Å²) < 4.78 is 98.1. The first-order chi connectivity index (χ1) is 6.13. The van der Waals surface area contributed by atoms with E-state index < -0.39 is 36.5 Å². The lowest BCUT2D eigenvalue weighted by Crippen LogP contribution is -2.65. The minimum atomic E-state index is -5.07. The number of alkyl halides is 8. The van der Waals surface area contributed by atoms with Gasteiger partial charge in [-0.05, 0) is 0 Å². The van der Waals surface area contributed by atoms with Crippen LogP contribution in [0, 0.1) is 0 Å². The molecular formula is C6H4F8. The highest BCUT2D eigenvalue weighted by atomic mass is 19.3. The average Bonchev–Trinajstić information content (AvgIpc) is 2.11. The first-order valence-electron chi connectivity index (χ1n) is 3.45. The van der Waals surface area contributed by atoms with Gasteiger partial charge in [-0.15, -0.1) is 0 Å². The highest BCUT2D eigenvalue weighted by Gasteiger charge is 2.72. The molecule has 4 unspecified atom stereocenters. The van der Waals surface area contributed by atoms with Crippen molar-refractivity contribution in [3.63, 3.8) is 0 Å². The van der Waals surface area contributed by atoms with Gasteiger partial charge < -0.3 is 0 Å². The van der Waals surface area contributed by atoms with Crippen LogP contribution in [0.4, 0.5) is 35.1 Å². The molecule has 0 heterocycles. The molecule has 0 radical (unpaired) electrons. The predicted octanol–water partition coefficient (Wildman–Crippen LogP) is 2.62. The van der Waals surface area contributed by atoms with Crippen LogP contribution in [0.15, 0.2) is 0 Å². The van der Waals surface area contributed by atoms with Crippen LogP contribution in [-0.2, 0) is 0 Å². The van der Waals surface area contributed by atoms with Crippen LogP contribution in [0.5, 0.6) is 0 Å². The van der Waals surface area contributed by atoms with Crippen LogP contribution < -0.4 is 0 Å². The maximum Gasteiger partial charge on any atom is 0.315 e. The van der Waals surface area contributed by atoms with Gasteiger partial charge in [0.1, 0.15) is 0 Å². The molecule has 1 fully saturated rings. The molecule has 0 aliphatic heterocycles. The summed E-state index contributed by atoms with van der Waals surface area (Å²) in [5.74, 6) is -10.1. The SMILES string of the molecule is FC1C(F)C(F)(F)C(F)C(F)C1(F)F. The summed E-state index contributed by atoms with van der Waals surface area (Å²) >= 11 is 0. The molecule has 8 heteroatoms. The third kappa shape index (κ3) is 1.26. The number of hydrogen-bond donors (Lipinski definition) is 0. The monoisotopic (exact) mass is 228 g/mol. The van der Waals surface area contributed by atoms with Gasteiger partial charge in [0.2, 0.25) is 24.7 Å². The summed E-state index contributed by atoms with van der Waals surface area (Å²) in [6.45, 7) is 0. The molecule has 0 spiro atoms. The minimum Gasteiger partial charge on any atom is -0.237 e. The summed E-state index contributed by atoms with van der Waals surface area (Å²) in [6.07, 6.45) is -16.2. The maximum atomic E-state index is 12.3. The van der Waals surface area contributed by atoms with Crippen molar-refractivity contribution in [3.05, 3.63) is 0 Å². The average molecular weight is 228 g/mol. The highest BCUT2D eigenvalue weighted by Crippen LogP contribution is 2.47. The van der Waals surface area contributed by atoms with Gasteiger partial charge in [-0.1, -0.05) is 0 Å². The molecule has 0 amide bonds. The van der Waals surface area contributed by atoms with Crippen LogP contribution in [0.25, 0.3) is 0 Å². The zero-order valence-electron chi connectivity index (χ0n) is 6.33. The Balaban J connectivity index is 3.07. The normalized spacial score (nSPS) is 46.3. The topological polar surface area (TPSA) is 0 Å². The van der Waals surface area contributed by atoms with Gasteiger partial charge in [-0.25, -0.2) is 17.6 Å². The molecule has 1 saturated carbocycles. The van der Waals surface area contributed by atoms with Gasteiger partial charge in [0.25, 0.3) is 0 Å². The van der Waals surface area contributed by atoms with Gasteiger partial charge >= 0.3 is 11.8 Å². The molecule has 4 atom stereocenters. The molecule has 0 aromatic rings. The van der Waals surface area contributed by atoms with Gasteiger partial charge in [-0.2, -0.15) is 17.6 Å². The Labute approximate surface area is 72.9 Å². The van der Waals surface area contributed by atoms with Crippen molar-refractivity contribution in [2.45, 2.75) is 36.5 Å². The molecule has 0 aromatic carbocycles. The smallest absolute Gasteiger partial charge is 0.237 e. The maximum absolute atomic E-state index is 12.3. The molecule has 0 saturated heterocycles. The number of halogens is 8. The fourth-order valence-electron chi connectivity index (χ4n) is 1.08. The lowest BCUT2D eigenvalue weighted by atomic mass is 9.87. The molecule has 0 aromatic heterocycles. The van der Waals surface area contributed by atoms with E-state index in [0.717, 1.165) is 0 Å². The first kappa shape index (κ1) is 11.5. The molecule has 1 aliphatic rings. The third-order valence-electron chi connectivity index (χ3n) is 1.98. The molecule has 0 nitrogen and oxygen atoms in total. The predicted molar refractivity (Wildman–Crippen MR) is 29.5 cm³/mol. The van der Waals surface area contributed by atoms with Gasteiger partial charge in [0.05, 0.1) is 0 Å². The fourth-order valence-corrected chi connectivity index (χ4v) is 1.08.